The number of amides is 1. The molecule has 1 aromatic rings. The molecule has 4 nitrogen and oxygen atoms in total. The highest BCUT2D eigenvalue weighted by Gasteiger charge is 2.30. The van der Waals surface area contributed by atoms with Crippen LogP contribution in [-0.2, 0) is 9.53 Å². The van der Waals surface area contributed by atoms with E-state index in [1.165, 1.54) is 0 Å². The van der Waals surface area contributed by atoms with E-state index in [1.807, 2.05) is 31.2 Å². The lowest BCUT2D eigenvalue weighted by atomic mass is 10.0. The normalized spacial score (nSPS) is 23.6. The predicted octanol–water partition coefficient (Wildman–Crippen LogP) is 2.41. The highest BCUT2D eigenvalue weighted by Crippen LogP contribution is 2.22. The molecule has 0 aliphatic carbocycles. The van der Waals surface area contributed by atoms with Gasteiger partial charge in [-0.3, -0.25) is 4.79 Å². The minimum absolute atomic E-state index is 0.0136. The number of ether oxygens (including phenoxy) is 1. The van der Waals surface area contributed by atoms with Crippen molar-refractivity contribution >= 4 is 17.5 Å². The summed E-state index contributed by atoms with van der Waals surface area (Å²) in [5.41, 5.74) is 6.61. The molecular formula is C15H21ClN2O2. The molecule has 2 rings (SSSR count). The summed E-state index contributed by atoms with van der Waals surface area (Å²) in [4.78, 5) is 12.2. The maximum absolute atomic E-state index is 12.2. The van der Waals surface area contributed by atoms with E-state index in [2.05, 4.69) is 5.32 Å². The molecule has 1 aromatic carbocycles. The Kier molecular flexibility index (Phi) is 5.40. The fraction of sp³-hybridized carbons (Fsp3) is 0.533. The molecule has 5 heteroatoms. The number of hydrogen-bond donors (Lipinski definition) is 2. The van der Waals surface area contributed by atoms with Crippen LogP contribution in [0, 0.1) is 0 Å². The molecule has 0 spiro atoms. The predicted molar refractivity (Wildman–Crippen MR) is 79.6 cm³/mol. The third-order valence-corrected chi connectivity index (χ3v) is 3.91. The Morgan fingerprint density at radius 1 is 1.45 bits per heavy atom. The van der Waals surface area contributed by atoms with Crippen LogP contribution in [0.4, 0.5) is 0 Å². The van der Waals surface area contributed by atoms with Crippen molar-refractivity contribution in [1.82, 2.24) is 5.32 Å². The van der Waals surface area contributed by atoms with Gasteiger partial charge in [-0.2, -0.15) is 0 Å². The van der Waals surface area contributed by atoms with Crippen LogP contribution in [-0.4, -0.2) is 24.7 Å². The topological polar surface area (TPSA) is 64.4 Å². The SMILES string of the molecule is CCC(NC(=O)C1CCC(CN)O1)c1ccc(Cl)cc1. The van der Waals surface area contributed by atoms with Crippen molar-refractivity contribution < 1.29 is 9.53 Å². The van der Waals surface area contributed by atoms with Gasteiger partial charge in [-0.05, 0) is 37.0 Å². The first kappa shape index (κ1) is 15.3. The van der Waals surface area contributed by atoms with Gasteiger partial charge in [0.25, 0.3) is 0 Å². The third-order valence-electron chi connectivity index (χ3n) is 3.66. The van der Waals surface area contributed by atoms with Crippen molar-refractivity contribution in [2.75, 3.05) is 6.54 Å². The number of benzene rings is 1. The summed E-state index contributed by atoms with van der Waals surface area (Å²) in [6.45, 7) is 2.51. The molecule has 110 valence electrons. The first-order valence-corrected chi connectivity index (χ1v) is 7.43. The Morgan fingerprint density at radius 3 is 2.70 bits per heavy atom. The van der Waals surface area contributed by atoms with E-state index in [1.54, 1.807) is 0 Å². The minimum Gasteiger partial charge on any atom is -0.364 e. The van der Waals surface area contributed by atoms with Gasteiger partial charge in [-0.1, -0.05) is 30.7 Å². The van der Waals surface area contributed by atoms with Gasteiger partial charge >= 0.3 is 0 Å². The summed E-state index contributed by atoms with van der Waals surface area (Å²) in [6.07, 6.45) is 2.06. The summed E-state index contributed by atoms with van der Waals surface area (Å²) in [5.74, 6) is -0.0530. The zero-order chi connectivity index (χ0) is 14.5. The largest absolute Gasteiger partial charge is 0.364 e. The molecule has 20 heavy (non-hydrogen) atoms. The molecule has 1 aliphatic heterocycles. The number of nitrogens with one attached hydrogen (secondary N) is 1. The zero-order valence-corrected chi connectivity index (χ0v) is 12.4. The average molecular weight is 297 g/mol. The van der Waals surface area contributed by atoms with Crippen LogP contribution in [0.25, 0.3) is 0 Å². The van der Waals surface area contributed by atoms with Gasteiger partial charge in [-0.25, -0.2) is 0 Å². The van der Waals surface area contributed by atoms with Crippen LogP contribution in [0.2, 0.25) is 5.02 Å². The van der Waals surface area contributed by atoms with Gasteiger partial charge in [-0.15, -0.1) is 0 Å². The van der Waals surface area contributed by atoms with Crippen molar-refractivity contribution in [3.8, 4) is 0 Å². The molecule has 1 aliphatic rings. The standard InChI is InChI=1S/C15H21ClN2O2/c1-2-13(10-3-5-11(16)6-4-10)18-15(19)14-8-7-12(9-17)20-14/h3-6,12-14H,2,7-9,17H2,1H3,(H,18,19). The van der Waals surface area contributed by atoms with Crippen molar-refractivity contribution in [2.24, 2.45) is 5.73 Å². The van der Waals surface area contributed by atoms with Crippen molar-refractivity contribution in [1.29, 1.82) is 0 Å². The van der Waals surface area contributed by atoms with Gasteiger partial charge in [0.2, 0.25) is 5.91 Å². The summed E-state index contributed by atoms with van der Waals surface area (Å²) >= 11 is 5.88. The van der Waals surface area contributed by atoms with E-state index >= 15 is 0 Å². The second-order valence-electron chi connectivity index (χ2n) is 5.08. The molecule has 3 atom stereocenters. The Morgan fingerprint density at radius 2 is 2.15 bits per heavy atom. The highest BCUT2D eigenvalue weighted by atomic mass is 35.5. The maximum Gasteiger partial charge on any atom is 0.249 e. The molecule has 0 bridgehead atoms. The van der Waals surface area contributed by atoms with E-state index in [0.717, 1.165) is 24.8 Å². The fourth-order valence-corrected chi connectivity index (χ4v) is 2.58. The Balaban J connectivity index is 1.96. The number of halogens is 1. The summed E-state index contributed by atoms with van der Waals surface area (Å²) in [5, 5.41) is 3.74. The summed E-state index contributed by atoms with van der Waals surface area (Å²) in [6, 6.07) is 7.54. The Bertz CT molecular complexity index is 450. The Labute approximate surface area is 124 Å². The van der Waals surface area contributed by atoms with Crippen molar-refractivity contribution in [3.05, 3.63) is 34.9 Å². The fourth-order valence-electron chi connectivity index (χ4n) is 2.45. The second kappa shape index (κ2) is 7.07. The van der Waals surface area contributed by atoms with E-state index in [0.29, 0.717) is 11.6 Å². The van der Waals surface area contributed by atoms with E-state index in [4.69, 9.17) is 22.1 Å². The van der Waals surface area contributed by atoms with E-state index in [-0.39, 0.29) is 24.2 Å². The Hall–Kier alpha value is -1.10. The smallest absolute Gasteiger partial charge is 0.249 e. The molecular weight excluding hydrogens is 276 g/mol. The van der Waals surface area contributed by atoms with Gasteiger partial charge < -0.3 is 15.8 Å². The highest BCUT2D eigenvalue weighted by molar-refractivity contribution is 6.30. The van der Waals surface area contributed by atoms with Crippen molar-refractivity contribution in [3.63, 3.8) is 0 Å². The van der Waals surface area contributed by atoms with Crippen LogP contribution in [0.5, 0.6) is 0 Å². The van der Waals surface area contributed by atoms with Crippen LogP contribution in [0.15, 0.2) is 24.3 Å². The van der Waals surface area contributed by atoms with Crippen LogP contribution in [0.3, 0.4) is 0 Å². The number of hydrogen-bond acceptors (Lipinski definition) is 3. The lowest BCUT2D eigenvalue weighted by molar-refractivity contribution is -0.132. The molecule has 0 aromatic heterocycles. The quantitative estimate of drug-likeness (QED) is 0.877. The third kappa shape index (κ3) is 3.72. The molecule has 1 fully saturated rings. The zero-order valence-electron chi connectivity index (χ0n) is 11.6. The van der Waals surface area contributed by atoms with E-state index < -0.39 is 0 Å². The molecule has 0 radical (unpaired) electrons. The van der Waals surface area contributed by atoms with E-state index in [9.17, 15) is 4.79 Å². The van der Waals surface area contributed by atoms with Gasteiger partial charge in [0, 0.05) is 11.6 Å². The molecule has 1 amide bonds. The number of carbonyl (C=O) groups is 1. The van der Waals surface area contributed by atoms with Crippen LogP contribution < -0.4 is 11.1 Å². The molecule has 3 N–H and O–H groups in total. The minimum atomic E-state index is -0.370. The summed E-state index contributed by atoms with van der Waals surface area (Å²) < 4.78 is 5.61. The van der Waals surface area contributed by atoms with Crippen molar-refractivity contribution in [2.45, 2.75) is 44.4 Å². The van der Waals surface area contributed by atoms with Gasteiger partial charge in [0.15, 0.2) is 0 Å². The molecule has 0 saturated carbocycles. The monoisotopic (exact) mass is 296 g/mol. The number of carbonyl (C=O) groups excluding carboxylic acids is 1. The molecule has 3 unspecified atom stereocenters. The average Bonchev–Trinajstić information content (AvgIpc) is 2.94. The van der Waals surface area contributed by atoms with Crippen LogP contribution in [0.1, 0.15) is 37.8 Å². The lowest BCUT2D eigenvalue weighted by Gasteiger charge is -2.20. The second-order valence-corrected chi connectivity index (χ2v) is 5.52. The number of nitrogens with two attached hydrogens (primary N) is 1. The first-order valence-electron chi connectivity index (χ1n) is 7.05. The van der Waals surface area contributed by atoms with Gasteiger partial charge in [0.05, 0.1) is 12.1 Å². The number of rotatable bonds is 5. The lowest BCUT2D eigenvalue weighted by Crippen LogP contribution is -2.37. The maximum atomic E-state index is 12.2. The summed E-state index contributed by atoms with van der Waals surface area (Å²) in [7, 11) is 0. The molecule has 1 heterocycles. The molecule has 1 saturated heterocycles. The van der Waals surface area contributed by atoms with Crippen LogP contribution >= 0.6 is 11.6 Å². The van der Waals surface area contributed by atoms with Gasteiger partial charge in [0.1, 0.15) is 6.10 Å². The first-order chi connectivity index (χ1) is 9.63.